The van der Waals surface area contributed by atoms with E-state index in [-0.39, 0.29) is 0 Å². The van der Waals surface area contributed by atoms with Gasteiger partial charge in [0.05, 0.1) is 5.39 Å². The number of hydrogen-bond acceptors (Lipinski definition) is 5. The molecule has 4 nitrogen and oxygen atoms in total. The molecule has 0 bridgehead atoms. The molecule has 1 fully saturated rings. The number of thiophene rings is 1. The molecule has 1 aliphatic rings. The Labute approximate surface area is 124 Å². The van der Waals surface area contributed by atoms with E-state index in [1.807, 2.05) is 7.05 Å². The maximum Gasteiger partial charge on any atom is 0.225 e. The molecule has 108 valence electrons. The summed E-state index contributed by atoms with van der Waals surface area (Å²) in [6.07, 6.45) is 8.32. The number of nitrogens with zero attached hydrogens (tertiary/aromatic N) is 2. The van der Waals surface area contributed by atoms with Crippen LogP contribution in [0, 0.1) is 5.92 Å². The number of nitrogens with one attached hydrogen (secondary N) is 2. The lowest BCUT2D eigenvalue weighted by atomic mass is 9.87. The summed E-state index contributed by atoms with van der Waals surface area (Å²) in [6.45, 7) is 1.01. The van der Waals surface area contributed by atoms with E-state index < -0.39 is 0 Å². The van der Waals surface area contributed by atoms with Gasteiger partial charge in [0.2, 0.25) is 5.95 Å². The molecule has 2 N–H and O–H groups in total. The largest absolute Gasteiger partial charge is 0.369 e. The normalized spacial score (nSPS) is 16.4. The predicted octanol–water partition coefficient (Wildman–Crippen LogP) is 4.12. The predicted molar refractivity (Wildman–Crippen MR) is 86.6 cm³/mol. The summed E-state index contributed by atoms with van der Waals surface area (Å²) in [4.78, 5) is 10.1. The Kier molecular flexibility index (Phi) is 4.35. The summed E-state index contributed by atoms with van der Waals surface area (Å²) in [5.41, 5.74) is 0. The van der Waals surface area contributed by atoms with Crippen LogP contribution in [0.2, 0.25) is 0 Å². The Morgan fingerprint density at radius 3 is 2.90 bits per heavy atom. The van der Waals surface area contributed by atoms with Crippen LogP contribution >= 0.6 is 11.3 Å². The first-order valence-electron chi connectivity index (χ1n) is 7.53. The summed E-state index contributed by atoms with van der Waals surface area (Å²) in [5, 5.41) is 9.76. The maximum absolute atomic E-state index is 4.55. The van der Waals surface area contributed by atoms with Crippen LogP contribution in [-0.4, -0.2) is 23.6 Å². The Morgan fingerprint density at radius 2 is 2.10 bits per heavy atom. The molecule has 2 aromatic heterocycles. The maximum atomic E-state index is 4.55. The van der Waals surface area contributed by atoms with Gasteiger partial charge >= 0.3 is 0 Å². The molecule has 0 saturated heterocycles. The number of hydrogen-bond donors (Lipinski definition) is 2. The molecule has 0 atom stereocenters. The molecule has 1 saturated carbocycles. The fourth-order valence-electron chi connectivity index (χ4n) is 2.97. The minimum absolute atomic E-state index is 0.695. The molecular formula is C15H22N4S. The monoisotopic (exact) mass is 290 g/mol. The van der Waals surface area contributed by atoms with Crippen LogP contribution < -0.4 is 10.6 Å². The van der Waals surface area contributed by atoms with Crippen LogP contribution in [0.1, 0.15) is 38.5 Å². The van der Waals surface area contributed by atoms with Crippen molar-refractivity contribution in [1.29, 1.82) is 0 Å². The van der Waals surface area contributed by atoms with Crippen LogP contribution in [0.4, 0.5) is 11.8 Å². The molecular weight excluding hydrogens is 268 g/mol. The second-order valence-electron chi connectivity index (χ2n) is 5.50. The molecule has 1 aliphatic carbocycles. The van der Waals surface area contributed by atoms with Gasteiger partial charge in [0.15, 0.2) is 0 Å². The second-order valence-corrected chi connectivity index (χ2v) is 6.40. The molecule has 0 unspecified atom stereocenters. The van der Waals surface area contributed by atoms with Crippen LogP contribution in [0.5, 0.6) is 0 Å². The van der Waals surface area contributed by atoms with Crippen molar-refractivity contribution in [2.24, 2.45) is 5.92 Å². The number of anilines is 2. The Morgan fingerprint density at radius 1 is 1.25 bits per heavy atom. The molecule has 3 rings (SSSR count). The van der Waals surface area contributed by atoms with Crippen LogP contribution in [0.15, 0.2) is 11.4 Å². The van der Waals surface area contributed by atoms with Gasteiger partial charge in [-0.05, 0) is 23.8 Å². The highest BCUT2D eigenvalue weighted by molar-refractivity contribution is 7.16. The molecule has 0 radical (unpaired) electrons. The fourth-order valence-corrected chi connectivity index (χ4v) is 3.74. The highest BCUT2D eigenvalue weighted by atomic mass is 32.1. The SMILES string of the molecule is CNc1nc(NCCC2CCCCC2)c2ccsc2n1. The first kappa shape index (κ1) is 13.6. The molecule has 5 heteroatoms. The number of rotatable bonds is 5. The fraction of sp³-hybridized carbons (Fsp3) is 0.600. The van der Waals surface area contributed by atoms with Crippen molar-refractivity contribution >= 4 is 33.3 Å². The van der Waals surface area contributed by atoms with E-state index in [1.54, 1.807) is 11.3 Å². The van der Waals surface area contributed by atoms with Crippen molar-refractivity contribution in [2.75, 3.05) is 24.2 Å². The van der Waals surface area contributed by atoms with Gasteiger partial charge in [-0.2, -0.15) is 4.98 Å². The lowest BCUT2D eigenvalue weighted by molar-refractivity contribution is 0.345. The lowest BCUT2D eigenvalue weighted by Crippen LogP contribution is -2.13. The van der Waals surface area contributed by atoms with E-state index in [9.17, 15) is 0 Å². The average Bonchev–Trinajstić information content (AvgIpc) is 2.96. The third kappa shape index (κ3) is 3.03. The van der Waals surface area contributed by atoms with E-state index in [2.05, 4.69) is 32.0 Å². The zero-order chi connectivity index (χ0) is 13.8. The van der Waals surface area contributed by atoms with E-state index in [4.69, 9.17) is 0 Å². The van der Waals surface area contributed by atoms with Crippen molar-refractivity contribution in [2.45, 2.75) is 38.5 Å². The lowest BCUT2D eigenvalue weighted by Gasteiger charge is -2.21. The summed E-state index contributed by atoms with van der Waals surface area (Å²) >= 11 is 1.66. The standard InChI is InChI=1S/C15H22N4S/c1-16-15-18-13(12-8-10-20-14(12)19-15)17-9-7-11-5-3-2-4-6-11/h8,10-11H,2-7,9H2,1H3,(H2,16,17,18,19). The van der Waals surface area contributed by atoms with Gasteiger partial charge in [0.1, 0.15) is 10.6 Å². The first-order valence-corrected chi connectivity index (χ1v) is 8.41. The van der Waals surface area contributed by atoms with Gasteiger partial charge in [0, 0.05) is 13.6 Å². The topological polar surface area (TPSA) is 49.8 Å². The van der Waals surface area contributed by atoms with Crippen molar-refractivity contribution in [3.8, 4) is 0 Å². The van der Waals surface area contributed by atoms with Crippen molar-refractivity contribution in [3.05, 3.63) is 11.4 Å². The molecule has 0 amide bonds. The van der Waals surface area contributed by atoms with E-state index in [0.717, 1.165) is 28.5 Å². The zero-order valence-corrected chi connectivity index (χ0v) is 12.8. The quantitative estimate of drug-likeness (QED) is 0.870. The van der Waals surface area contributed by atoms with E-state index >= 15 is 0 Å². The molecule has 0 aliphatic heterocycles. The Balaban J connectivity index is 1.65. The van der Waals surface area contributed by atoms with E-state index in [1.165, 1.54) is 38.5 Å². The summed E-state index contributed by atoms with van der Waals surface area (Å²) in [6, 6.07) is 2.10. The Hall–Kier alpha value is -1.36. The van der Waals surface area contributed by atoms with Crippen LogP contribution in [-0.2, 0) is 0 Å². The third-order valence-corrected chi connectivity index (χ3v) is 4.93. The first-order chi connectivity index (χ1) is 9.86. The average molecular weight is 290 g/mol. The van der Waals surface area contributed by atoms with Gasteiger partial charge in [0.25, 0.3) is 0 Å². The smallest absolute Gasteiger partial charge is 0.225 e. The van der Waals surface area contributed by atoms with Crippen LogP contribution in [0.3, 0.4) is 0 Å². The second kappa shape index (κ2) is 6.39. The van der Waals surface area contributed by atoms with Gasteiger partial charge in [-0.15, -0.1) is 11.3 Å². The summed E-state index contributed by atoms with van der Waals surface area (Å²) < 4.78 is 0. The highest BCUT2D eigenvalue weighted by Crippen LogP contribution is 2.28. The van der Waals surface area contributed by atoms with Crippen molar-refractivity contribution < 1.29 is 0 Å². The van der Waals surface area contributed by atoms with Gasteiger partial charge in [-0.3, -0.25) is 0 Å². The van der Waals surface area contributed by atoms with Gasteiger partial charge in [-0.25, -0.2) is 4.98 Å². The summed E-state index contributed by atoms with van der Waals surface area (Å²) in [7, 11) is 1.86. The van der Waals surface area contributed by atoms with Gasteiger partial charge < -0.3 is 10.6 Å². The summed E-state index contributed by atoms with van der Waals surface area (Å²) in [5.74, 6) is 2.57. The molecule has 2 heterocycles. The molecule has 20 heavy (non-hydrogen) atoms. The number of aromatic nitrogens is 2. The van der Waals surface area contributed by atoms with Crippen molar-refractivity contribution in [1.82, 2.24) is 9.97 Å². The minimum atomic E-state index is 0.695. The van der Waals surface area contributed by atoms with Gasteiger partial charge in [-0.1, -0.05) is 32.1 Å². The van der Waals surface area contributed by atoms with Crippen molar-refractivity contribution in [3.63, 3.8) is 0 Å². The third-order valence-electron chi connectivity index (χ3n) is 4.12. The van der Waals surface area contributed by atoms with Crippen LogP contribution in [0.25, 0.3) is 10.2 Å². The highest BCUT2D eigenvalue weighted by Gasteiger charge is 2.13. The molecule has 0 spiro atoms. The molecule has 2 aromatic rings. The minimum Gasteiger partial charge on any atom is -0.369 e. The zero-order valence-electron chi connectivity index (χ0n) is 12.0. The number of fused-ring (bicyclic) bond motifs is 1. The molecule has 0 aromatic carbocycles. The Bertz CT molecular complexity index is 560. The van der Waals surface area contributed by atoms with E-state index in [0.29, 0.717) is 5.95 Å².